The second-order valence-electron chi connectivity index (χ2n) is 5.96. The Hall–Kier alpha value is -4.16. The highest BCUT2D eigenvalue weighted by molar-refractivity contribution is 6.09. The molecular weight excluding hydrogens is 424 g/mol. The molecule has 0 saturated heterocycles. The largest absolute Gasteiger partial charge is 0.435 e. The number of anilines is 1. The van der Waals surface area contributed by atoms with E-state index in [1.807, 2.05) is 0 Å². The van der Waals surface area contributed by atoms with Crippen molar-refractivity contribution in [3.63, 3.8) is 0 Å². The number of nitrogens with zero attached hydrogens (tertiary/aromatic N) is 4. The molecule has 0 fully saturated rings. The predicted molar refractivity (Wildman–Crippen MR) is 98.2 cm³/mol. The van der Waals surface area contributed by atoms with Gasteiger partial charge in [0.1, 0.15) is 22.8 Å². The molecule has 1 aromatic carbocycles. The van der Waals surface area contributed by atoms with Gasteiger partial charge in [0.15, 0.2) is 5.65 Å². The van der Waals surface area contributed by atoms with Crippen molar-refractivity contribution in [3.8, 4) is 22.8 Å². The number of nitrogens with one attached hydrogen (secondary N) is 2. The SMILES string of the molecule is O=C(Nc1c[nH]nc1-c1cc(OC(F)F)ccc1OC(F)F)c1cnn2cccnc12. The minimum absolute atomic E-state index is 0.0341. The Kier molecular flexibility index (Phi) is 5.39. The summed E-state index contributed by atoms with van der Waals surface area (Å²) in [6.45, 7) is -6.31. The third-order valence-electron chi connectivity index (χ3n) is 4.06. The van der Waals surface area contributed by atoms with Crippen LogP contribution in [-0.4, -0.2) is 43.9 Å². The zero-order valence-corrected chi connectivity index (χ0v) is 15.3. The maximum atomic E-state index is 12.8. The second kappa shape index (κ2) is 8.30. The van der Waals surface area contributed by atoms with Gasteiger partial charge in [0, 0.05) is 18.6 Å². The minimum atomic E-state index is -3.18. The number of rotatable bonds is 7. The number of fused-ring (bicyclic) bond motifs is 1. The zero-order valence-electron chi connectivity index (χ0n) is 15.3. The Morgan fingerprint density at radius 1 is 1.16 bits per heavy atom. The molecule has 1 amide bonds. The topological polar surface area (TPSA) is 106 Å². The number of hydrogen-bond donors (Lipinski definition) is 2. The number of carbonyl (C=O) groups excluding carboxylic acids is 1. The number of aromatic amines is 1. The lowest BCUT2D eigenvalue weighted by Crippen LogP contribution is -2.12. The maximum absolute atomic E-state index is 12.8. The molecule has 0 spiro atoms. The lowest BCUT2D eigenvalue weighted by atomic mass is 10.1. The van der Waals surface area contributed by atoms with Crippen LogP contribution in [0.1, 0.15) is 10.4 Å². The second-order valence-corrected chi connectivity index (χ2v) is 5.96. The van der Waals surface area contributed by atoms with E-state index in [0.717, 1.165) is 18.2 Å². The smallest absolute Gasteiger partial charge is 0.387 e. The van der Waals surface area contributed by atoms with Gasteiger partial charge >= 0.3 is 13.2 Å². The summed E-state index contributed by atoms with van der Waals surface area (Å²) in [6.07, 6.45) is 5.68. The fraction of sp³-hybridized carbons (Fsp3) is 0.111. The number of alkyl halides is 4. The van der Waals surface area contributed by atoms with Crippen molar-refractivity contribution in [2.75, 3.05) is 5.32 Å². The van der Waals surface area contributed by atoms with E-state index in [0.29, 0.717) is 5.65 Å². The summed E-state index contributed by atoms with van der Waals surface area (Å²) in [5, 5.41) is 13.0. The number of aromatic nitrogens is 5. The van der Waals surface area contributed by atoms with E-state index in [1.165, 1.54) is 23.1 Å². The third-order valence-corrected chi connectivity index (χ3v) is 4.06. The summed E-state index contributed by atoms with van der Waals surface area (Å²) in [5.41, 5.74) is 0.375. The van der Waals surface area contributed by atoms with Gasteiger partial charge in [-0.15, -0.1) is 0 Å². The minimum Gasteiger partial charge on any atom is -0.435 e. The highest BCUT2D eigenvalue weighted by Gasteiger charge is 2.21. The van der Waals surface area contributed by atoms with Crippen LogP contribution >= 0.6 is 0 Å². The first-order valence-corrected chi connectivity index (χ1v) is 8.60. The fourth-order valence-corrected chi connectivity index (χ4v) is 2.84. The van der Waals surface area contributed by atoms with Crippen LogP contribution in [0.4, 0.5) is 23.2 Å². The van der Waals surface area contributed by atoms with Crippen LogP contribution in [0, 0.1) is 0 Å². The van der Waals surface area contributed by atoms with E-state index in [2.05, 4.69) is 35.1 Å². The molecule has 4 rings (SSSR count). The number of hydrogen-bond acceptors (Lipinski definition) is 6. The molecule has 0 bridgehead atoms. The van der Waals surface area contributed by atoms with Crippen LogP contribution in [-0.2, 0) is 0 Å². The van der Waals surface area contributed by atoms with Gasteiger partial charge in [0.2, 0.25) is 0 Å². The molecule has 0 atom stereocenters. The van der Waals surface area contributed by atoms with Gasteiger partial charge in [0.05, 0.1) is 17.4 Å². The lowest BCUT2D eigenvalue weighted by molar-refractivity contribution is -0.0526. The monoisotopic (exact) mass is 436 g/mol. The van der Waals surface area contributed by atoms with Crippen LogP contribution in [0.15, 0.2) is 49.1 Å². The summed E-state index contributed by atoms with van der Waals surface area (Å²) in [5.74, 6) is -1.26. The maximum Gasteiger partial charge on any atom is 0.387 e. The van der Waals surface area contributed by atoms with Gasteiger partial charge in [-0.3, -0.25) is 9.89 Å². The van der Waals surface area contributed by atoms with Crippen LogP contribution in [0.25, 0.3) is 16.9 Å². The molecule has 0 saturated carbocycles. The molecule has 3 aromatic heterocycles. The number of carbonyl (C=O) groups is 1. The Bertz CT molecular complexity index is 1230. The van der Waals surface area contributed by atoms with Crippen molar-refractivity contribution in [2.24, 2.45) is 0 Å². The number of amides is 1. The molecule has 0 aliphatic rings. The Balaban J connectivity index is 1.69. The number of benzene rings is 1. The molecule has 0 aliphatic carbocycles. The van der Waals surface area contributed by atoms with Crippen molar-refractivity contribution in [3.05, 3.63) is 54.6 Å². The van der Waals surface area contributed by atoms with E-state index in [9.17, 15) is 22.4 Å². The summed E-state index contributed by atoms with van der Waals surface area (Å²) in [7, 11) is 0. The first-order valence-electron chi connectivity index (χ1n) is 8.60. The molecule has 0 unspecified atom stereocenters. The Morgan fingerprint density at radius 3 is 2.74 bits per heavy atom. The van der Waals surface area contributed by atoms with Crippen molar-refractivity contribution < 1.29 is 31.8 Å². The van der Waals surface area contributed by atoms with Crippen molar-refractivity contribution in [1.29, 1.82) is 0 Å². The van der Waals surface area contributed by atoms with E-state index in [4.69, 9.17) is 0 Å². The van der Waals surface area contributed by atoms with Crippen molar-refractivity contribution in [2.45, 2.75) is 13.2 Å². The zero-order chi connectivity index (χ0) is 22.0. The average molecular weight is 436 g/mol. The predicted octanol–water partition coefficient (Wildman–Crippen LogP) is 3.57. The summed E-state index contributed by atoms with van der Waals surface area (Å²) in [4.78, 5) is 16.8. The van der Waals surface area contributed by atoms with E-state index >= 15 is 0 Å². The quantitative estimate of drug-likeness (QED) is 0.429. The number of ether oxygens (including phenoxy) is 2. The van der Waals surface area contributed by atoms with E-state index < -0.39 is 19.1 Å². The average Bonchev–Trinajstić information content (AvgIpc) is 3.35. The van der Waals surface area contributed by atoms with Crippen LogP contribution in [0.3, 0.4) is 0 Å². The van der Waals surface area contributed by atoms with Gasteiger partial charge in [-0.05, 0) is 24.3 Å². The first-order chi connectivity index (χ1) is 14.9. The molecular formula is C18H12F4N6O3. The van der Waals surface area contributed by atoms with Crippen LogP contribution < -0.4 is 14.8 Å². The first kappa shape index (κ1) is 20.1. The van der Waals surface area contributed by atoms with Crippen LogP contribution in [0.5, 0.6) is 11.5 Å². The van der Waals surface area contributed by atoms with Gasteiger partial charge in [-0.2, -0.15) is 27.8 Å². The van der Waals surface area contributed by atoms with E-state index in [-0.39, 0.29) is 34.0 Å². The Morgan fingerprint density at radius 2 is 1.97 bits per heavy atom. The van der Waals surface area contributed by atoms with Crippen LogP contribution in [0.2, 0.25) is 0 Å². The van der Waals surface area contributed by atoms with Gasteiger partial charge in [-0.25, -0.2) is 9.50 Å². The van der Waals surface area contributed by atoms with Gasteiger partial charge in [-0.1, -0.05) is 0 Å². The van der Waals surface area contributed by atoms with Gasteiger partial charge in [0.25, 0.3) is 5.91 Å². The number of halogens is 4. The molecule has 0 aliphatic heterocycles. The van der Waals surface area contributed by atoms with E-state index in [1.54, 1.807) is 12.3 Å². The highest BCUT2D eigenvalue weighted by Crippen LogP contribution is 2.37. The molecule has 31 heavy (non-hydrogen) atoms. The molecule has 160 valence electrons. The third kappa shape index (κ3) is 4.24. The molecule has 0 radical (unpaired) electrons. The summed E-state index contributed by atoms with van der Waals surface area (Å²) < 4.78 is 60.9. The van der Waals surface area contributed by atoms with Crippen molar-refractivity contribution in [1.82, 2.24) is 24.8 Å². The standard InChI is InChI=1S/C18H12F4N6O3/c19-17(20)30-9-2-3-13(31-18(21)22)10(6-9)14-12(8-24-27-14)26-16(29)11-7-25-28-5-1-4-23-15(11)28/h1-8,17-18H,(H,24,27)(H,26,29). The summed E-state index contributed by atoms with van der Waals surface area (Å²) >= 11 is 0. The number of H-pyrrole nitrogens is 1. The summed E-state index contributed by atoms with van der Waals surface area (Å²) in [6, 6.07) is 4.76. The normalized spacial score (nSPS) is 11.3. The van der Waals surface area contributed by atoms with Gasteiger partial charge < -0.3 is 14.8 Å². The van der Waals surface area contributed by atoms with Crippen molar-refractivity contribution >= 4 is 17.2 Å². The molecule has 2 N–H and O–H groups in total. The fourth-order valence-electron chi connectivity index (χ4n) is 2.84. The Labute approximate surface area is 170 Å². The lowest BCUT2D eigenvalue weighted by Gasteiger charge is -2.13. The molecule has 3 heterocycles. The molecule has 4 aromatic rings. The highest BCUT2D eigenvalue weighted by atomic mass is 19.3. The molecule has 13 heteroatoms. The molecule has 9 nitrogen and oxygen atoms in total.